The highest BCUT2D eigenvalue weighted by atomic mass is 16.6. The molecular formula is C12H16N2O3. The second kappa shape index (κ2) is 4.61. The van der Waals surface area contributed by atoms with Crippen LogP contribution in [0.3, 0.4) is 0 Å². The van der Waals surface area contributed by atoms with E-state index in [-0.39, 0.29) is 17.9 Å². The van der Waals surface area contributed by atoms with Crippen LogP contribution in [-0.4, -0.2) is 15.7 Å². The molecule has 0 aromatic carbocycles. The van der Waals surface area contributed by atoms with Crippen molar-refractivity contribution in [1.29, 1.82) is 0 Å². The Labute approximate surface area is 100 Å². The Hall–Kier alpha value is -1.78. The molecule has 0 spiro atoms. The molecule has 0 fully saturated rings. The van der Waals surface area contributed by atoms with E-state index in [1.165, 1.54) is 12.1 Å². The molecule has 0 unspecified atom stereocenters. The van der Waals surface area contributed by atoms with Gasteiger partial charge in [-0.15, -0.1) is 0 Å². The number of nitro groups is 1. The molecule has 0 aliphatic rings. The zero-order valence-electron chi connectivity index (χ0n) is 10.5. The number of aryl methyl sites for hydroxylation is 1. The molecule has 0 aliphatic heterocycles. The van der Waals surface area contributed by atoms with E-state index in [0.717, 1.165) is 0 Å². The number of pyridine rings is 1. The van der Waals surface area contributed by atoms with Crippen molar-refractivity contribution in [1.82, 2.24) is 4.98 Å². The number of nitrogens with zero attached hydrogens (tertiary/aromatic N) is 2. The van der Waals surface area contributed by atoms with Gasteiger partial charge in [0, 0.05) is 23.6 Å². The van der Waals surface area contributed by atoms with Gasteiger partial charge < -0.3 is 0 Å². The Morgan fingerprint density at radius 3 is 2.41 bits per heavy atom. The molecule has 1 aromatic heterocycles. The Kier molecular flexibility index (Phi) is 3.60. The minimum Gasteiger partial charge on any atom is -0.299 e. The van der Waals surface area contributed by atoms with E-state index < -0.39 is 10.3 Å². The number of carbonyl (C=O) groups excluding carboxylic acids is 1. The average Bonchev–Trinajstić information content (AvgIpc) is 2.15. The van der Waals surface area contributed by atoms with Gasteiger partial charge in [0.1, 0.15) is 11.5 Å². The normalized spacial score (nSPS) is 11.3. The van der Waals surface area contributed by atoms with E-state index >= 15 is 0 Å². The number of rotatable bonds is 3. The summed E-state index contributed by atoms with van der Waals surface area (Å²) in [7, 11) is 0. The molecule has 0 saturated carbocycles. The summed E-state index contributed by atoms with van der Waals surface area (Å²) in [6, 6.07) is 2.93. The van der Waals surface area contributed by atoms with Gasteiger partial charge in [0.15, 0.2) is 0 Å². The summed E-state index contributed by atoms with van der Waals surface area (Å²) in [5.74, 6) is 0.0678. The van der Waals surface area contributed by atoms with E-state index in [1.807, 2.05) is 20.8 Å². The number of aromatic nitrogens is 1. The van der Waals surface area contributed by atoms with Gasteiger partial charge in [-0.1, -0.05) is 20.8 Å². The fourth-order valence-corrected chi connectivity index (χ4v) is 1.33. The van der Waals surface area contributed by atoms with Crippen molar-refractivity contribution in [3.8, 4) is 0 Å². The smallest absolute Gasteiger partial charge is 0.290 e. The minimum absolute atomic E-state index is 0.0167. The van der Waals surface area contributed by atoms with E-state index in [9.17, 15) is 14.9 Å². The number of hydrogen-bond donors (Lipinski definition) is 0. The molecule has 17 heavy (non-hydrogen) atoms. The highest BCUT2D eigenvalue weighted by molar-refractivity contribution is 5.85. The lowest BCUT2D eigenvalue weighted by Gasteiger charge is -2.16. The fraction of sp³-hybridized carbons (Fsp3) is 0.500. The van der Waals surface area contributed by atoms with Gasteiger partial charge >= 0.3 is 0 Å². The van der Waals surface area contributed by atoms with Crippen LogP contribution in [0, 0.1) is 22.5 Å². The van der Waals surface area contributed by atoms with E-state index in [1.54, 1.807) is 6.92 Å². The number of carbonyl (C=O) groups is 1. The van der Waals surface area contributed by atoms with Gasteiger partial charge in [0.25, 0.3) is 5.69 Å². The molecule has 0 aliphatic carbocycles. The van der Waals surface area contributed by atoms with Crippen molar-refractivity contribution in [3.05, 3.63) is 33.6 Å². The molecule has 0 atom stereocenters. The summed E-state index contributed by atoms with van der Waals surface area (Å²) in [5.41, 5.74) is 0.483. The highest BCUT2D eigenvalue weighted by Gasteiger charge is 2.22. The first-order valence-corrected chi connectivity index (χ1v) is 5.36. The first-order chi connectivity index (χ1) is 7.71. The summed E-state index contributed by atoms with van der Waals surface area (Å²) >= 11 is 0. The fourth-order valence-electron chi connectivity index (χ4n) is 1.33. The predicted molar refractivity (Wildman–Crippen MR) is 63.8 cm³/mol. The second-order valence-electron chi connectivity index (χ2n) is 5.01. The molecule has 5 nitrogen and oxygen atoms in total. The van der Waals surface area contributed by atoms with Crippen molar-refractivity contribution in [3.63, 3.8) is 0 Å². The number of ketones is 1. The Morgan fingerprint density at radius 1 is 1.41 bits per heavy atom. The summed E-state index contributed by atoms with van der Waals surface area (Å²) in [6.07, 6.45) is 0.211. The SMILES string of the molecule is Cc1nc(CC(=O)C(C)(C)C)ccc1[N+](=O)[O-]. The number of Topliss-reactive ketones (excluding diaryl/α,β-unsaturated/α-hetero) is 1. The van der Waals surface area contributed by atoms with Gasteiger partial charge in [0.05, 0.1) is 4.92 Å². The third kappa shape index (κ3) is 3.34. The molecule has 1 heterocycles. The maximum absolute atomic E-state index is 11.8. The number of hydrogen-bond acceptors (Lipinski definition) is 4. The Morgan fingerprint density at radius 2 is 2.00 bits per heavy atom. The van der Waals surface area contributed by atoms with E-state index in [2.05, 4.69) is 4.98 Å². The van der Waals surface area contributed by atoms with Crippen LogP contribution >= 0.6 is 0 Å². The standard InChI is InChI=1S/C12H16N2O3/c1-8-10(14(16)17)6-5-9(13-8)7-11(15)12(2,3)4/h5-6H,7H2,1-4H3. The topological polar surface area (TPSA) is 73.1 Å². The molecule has 1 aromatic rings. The lowest BCUT2D eigenvalue weighted by Crippen LogP contribution is -2.22. The van der Waals surface area contributed by atoms with Crippen molar-refractivity contribution in [2.75, 3.05) is 0 Å². The second-order valence-corrected chi connectivity index (χ2v) is 5.01. The Balaban J connectivity index is 2.92. The third-order valence-corrected chi connectivity index (χ3v) is 2.49. The van der Waals surface area contributed by atoms with E-state index in [4.69, 9.17) is 0 Å². The van der Waals surface area contributed by atoms with Crippen LogP contribution in [0.5, 0.6) is 0 Å². The molecule has 1 rings (SSSR count). The molecule has 0 N–H and O–H groups in total. The predicted octanol–water partition coefficient (Wildman–Crippen LogP) is 2.46. The molecule has 0 amide bonds. The monoisotopic (exact) mass is 236 g/mol. The maximum Gasteiger partial charge on any atom is 0.290 e. The first-order valence-electron chi connectivity index (χ1n) is 5.36. The first kappa shape index (κ1) is 13.3. The quantitative estimate of drug-likeness (QED) is 0.596. The van der Waals surface area contributed by atoms with Crippen LogP contribution in [0.1, 0.15) is 32.2 Å². The summed E-state index contributed by atoms with van der Waals surface area (Å²) in [6.45, 7) is 7.10. The minimum atomic E-state index is -0.475. The van der Waals surface area contributed by atoms with Crippen molar-refractivity contribution in [2.45, 2.75) is 34.1 Å². The van der Waals surface area contributed by atoms with Crippen LogP contribution < -0.4 is 0 Å². The Bertz CT molecular complexity index is 461. The van der Waals surface area contributed by atoms with Gasteiger partial charge in [-0.25, -0.2) is 0 Å². The van der Waals surface area contributed by atoms with Crippen molar-refractivity contribution >= 4 is 11.5 Å². The lowest BCUT2D eigenvalue weighted by molar-refractivity contribution is -0.385. The molecule has 5 heteroatoms. The molecule has 0 saturated heterocycles. The van der Waals surface area contributed by atoms with Crippen LogP contribution in [-0.2, 0) is 11.2 Å². The van der Waals surface area contributed by atoms with Crippen LogP contribution in [0.4, 0.5) is 5.69 Å². The molecule has 92 valence electrons. The maximum atomic E-state index is 11.8. The zero-order valence-corrected chi connectivity index (χ0v) is 10.5. The zero-order chi connectivity index (χ0) is 13.2. The van der Waals surface area contributed by atoms with Crippen molar-refractivity contribution < 1.29 is 9.72 Å². The van der Waals surface area contributed by atoms with Gasteiger partial charge in [-0.05, 0) is 13.0 Å². The van der Waals surface area contributed by atoms with Gasteiger partial charge in [-0.2, -0.15) is 0 Å². The summed E-state index contributed by atoms with van der Waals surface area (Å²) < 4.78 is 0. The largest absolute Gasteiger partial charge is 0.299 e. The molecular weight excluding hydrogens is 220 g/mol. The van der Waals surface area contributed by atoms with Gasteiger partial charge in [0.2, 0.25) is 0 Å². The third-order valence-electron chi connectivity index (χ3n) is 2.49. The van der Waals surface area contributed by atoms with Crippen LogP contribution in [0.25, 0.3) is 0 Å². The van der Waals surface area contributed by atoms with Crippen LogP contribution in [0.15, 0.2) is 12.1 Å². The molecule has 0 radical (unpaired) electrons. The molecule has 0 bridgehead atoms. The summed E-state index contributed by atoms with van der Waals surface area (Å²) in [5, 5.41) is 10.6. The summed E-state index contributed by atoms with van der Waals surface area (Å²) in [4.78, 5) is 26.0. The van der Waals surface area contributed by atoms with Crippen LogP contribution in [0.2, 0.25) is 0 Å². The van der Waals surface area contributed by atoms with Gasteiger partial charge in [-0.3, -0.25) is 19.9 Å². The lowest BCUT2D eigenvalue weighted by atomic mass is 9.88. The van der Waals surface area contributed by atoms with Crippen molar-refractivity contribution in [2.24, 2.45) is 5.41 Å². The van der Waals surface area contributed by atoms with E-state index in [0.29, 0.717) is 11.4 Å². The highest BCUT2D eigenvalue weighted by Crippen LogP contribution is 2.20. The average molecular weight is 236 g/mol.